The average Bonchev–Trinajstić information content (AvgIpc) is 3.28. The third-order valence-electron chi connectivity index (χ3n) is 5.62. The second kappa shape index (κ2) is 9.66. The minimum absolute atomic E-state index is 0.145. The molecule has 1 fully saturated rings. The van der Waals surface area contributed by atoms with E-state index in [0.717, 1.165) is 61.0 Å². The highest BCUT2D eigenvalue weighted by Crippen LogP contribution is 2.25. The van der Waals surface area contributed by atoms with Crippen LogP contribution in [-0.2, 0) is 17.8 Å². The van der Waals surface area contributed by atoms with Crippen LogP contribution >= 0.6 is 0 Å². The van der Waals surface area contributed by atoms with Gasteiger partial charge in [0, 0.05) is 44.5 Å². The zero-order chi connectivity index (χ0) is 21.6. The molecule has 7 heteroatoms. The van der Waals surface area contributed by atoms with Crippen molar-refractivity contribution in [2.45, 2.75) is 13.0 Å². The van der Waals surface area contributed by atoms with E-state index in [1.807, 2.05) is 64.3 Å². The van der Waals surface area contributed by atoms with Crippen LogP contribution in [0.15, 0.2) is 60.9 Å². The van der Waals surface area contributed by atoms with E-state index < -0.39 is 0 Å². The monoisotopic (exact) mass is 420 g/mol. The molecule has 31 heavy (non-hydrogen) atoms. The minimum Gasteiger partial charge on any atom is -0.497 e. The molecule has 0 saturated carbocycles. The number of benzene rings is 2. The molecule has 1 aliphatic rings. The molecule has 3 aromatic rings. The quantitative estimate of drug-likeness (QED) is 0.588. The number of methoxy groups -OCH3 is 2. The molecule has 0 atom stereocenters. The largest absolute Gasteiger partial charge is 0.497 e. The van der Waals surface area contributed by atoms with Gasteiger partial charge in [-0.2, -0.15) is 5.10 Å². The summed E-state index contributed by atoms with van der Waals surface area (Å²) in [6.07, 6.45) is 4.07. The van der Waals surface area contributed by atoms with Crippen molar-refractivity contribution in [2.75, 3.05) is 40.4 Å². The van der Waals surface area contributed by atoms with Gasteiger partial charge in [0.1, 0.15) is 11.5 Å². The molecule has 0 radical (unpaired) electrons. The first-order valence-corrected chi connectivity index (χ1v) is 10.5. The molecule has 4 rings (SSSR count). The first-order valence-electron chi connectivity index (χ1n) is 10.5. The van der Waals surface area contributed by atoms with E-state index in [2.05, 4.69) is 10.00 Å². The first kappa shape index (κ1) is 20.9. The summed E-state index contributed by atoms with van der Waals surface area (Å²) in [5.74, 6) is 1.82. The van der Waals surface area contributed by atoms with Gasteiger partial charge in [-0.25, -0.2) is 4.68 Å². The van der Waals surface area contributed by atoms with Crippen LogP contribution in [0.5, 0.6) is 11.5 Å². The van der Waals surface area contributed by atoms with Gasteiger partial charge in [0.15, 0.2) is 0 Å². The fourth-order valence-corrected chi connectivity index (χ4v) is 3.86. The van der Waals surface area contributed by atoms with Gasteiger partial charge in [-0.3, -0.25) is 9.69 Å². The number of amides is 1. The minimum atomic E-state index is 0.145. The number of hydrogen-bond donors (Lipinski definition) is 0. The molecule has 7 nitrogen and oxygen atoms in total. The second-order valence-electron chi connectivity index (χ2n) is 7.64. The summed E-state index contributed by atoms with van der Waals surface area (Å²) in [5, 5.41) is 4.39. The lowest BCUT2D eigenvalue weighted by molar-refractivity contribution is -0.132. The highest BCUT2D eigenvalue weighted by atomic mass is 16.5. The molecule has 2 heterocycles. The number of hydrogen-bond acceptors (Lipinski definition) is 5. The summed E-state index contributed by atoms with van der Waals surface area (Å²) in [6.45, 7) is 3.87. The van der Waals surface area contributed by atoms with Crippen molar-refractivity contribution >= 4 is 5.91 Å². The number of ether oxygens (including phenoxy) is 2. The third-order valence-corrected chi connectivity index (χ3v) is 5.62. The molecule has 162 valence electrons. The van der Waals surface area contributed by atoms with Gasteiger partial charge in [0.05, 0.1) is 32.5 Å². The Bertz CT molecular complexity index is 1010. The summed E-state index contributed by atoms with van der Waals surface area (Å²) in [5.41, 5.74) is 3.01. The third kappa shape index (κ3) is 5.06. The maximum absolute atomic E-state index is 12.8. The average molecular weight is 421 g/mol. The van der Waals surface area contributed by atoms with E-state index in [4.69, 9.17) is 9.47 Å². The van der Waals surface area contributed by atoms with Gasteiger partial charge in [-0.15, -0.1) is 0 Å². The van der Waals surface area contributed by atoms with Crippen molar-refractivity contribution in [2.24, 2.45) is 0 Å². The first-order chi connectivity index (χ1) is 15.2. The zero-order valence-electron chi connectivity index (χ0n) is 18.0. The second-order valence-corrected chi connectivity index (χ2v) is 7.64. The van der Waals surface area contributed by atoms with Crippen LogP contribution in [0.3, 0.4) is 0 Å². The summed E-state index contributed by atoms with van der Waals surface area (Å²) in [7, 11) is 3.35. The van der Waals surface area contributed by atoms with Crippen molar-refractivity contribution in [1.82, 2.24) is 19.6 Å². The predicted molar refractivity (Wildman–Crippen MR) is 119 cm³/mol. The van der Waals surface area contributed by atoms with Gasteiger partial charge in [-0.05, 0) is 35.9 Å². The molecular formula is C24H28N4O3. The highest BCUT2D eigenvalue weighted by molar-refractivity contribution is 5.78. The van der Waals surface area contributed by atoms with Crippen LogP contribution in [-0.4, -0.2) is 65.9 Å². The normalized spacial score (nSPS) is 14.5. The molecule has 0 unspecified atom stereocenters. The van der Waals surface area contributed by atoms with E-state index in [0.29, 0.717) is 6.42 Å². The molecule has 0 N–H and O–H groups in total. The summed E-state index contributed by atoms with van der Waals surface area (Å²) < 4.78 is 12.6. The molecular weight excluding hydrogens is 392 g/mol. The number of carbonyl (C=O) groups is 1. The van der Waals surface area contributed by atoms with Gasteiger partial charge >= 0.3 is 0 Å². The molecule has 2 aromatic carbocycles. The van der Waals surface area contributed by atoms with Crippen LogP contribution in [0, 0.1) is 0 Å². The van der Waals surface area contributed by atoms with Crippen LogP contribution in [0.25, 0.3) is 5.69 Å². The number of piperazine rings is 1. The Balaban J connectivity index is 1.31. The Morgan fingerprint density at radius 3 is 2.48 bits per heavy atom. The number of aromatic nitrogens is 2. The molecule has 0 spiro atoms. The topological polar surface area (TPSA) is 59.8 Å². The van der Waals surface area contributed by atoms with Crippen LogP contribution in [0.1, 0.15) is 11.1 Å². The van der Waals surface area contributed by atoms with Crippen molar-refractivity contribution in [3.8, 4) is 17.2 Å². The van der Waals surface area contributed by atoms with Crippen molar-refractivity contribution in [1.29, 1.82) is 0 Å². The smallest absolute Gasteiger partial charge is 0.227 e. The molecule has 0 bridgehead atoms. The zero-order valence-corrected chi connectivity index (χ0v) is 18.0. The number of para-hydroxylation sites is 1. The fourth-order valence-electron chi connectivity index (χ4n) is 3.86. The van der Waals surface area contributed by atoms with Gasteiger partial charge in [0.2, 0.25) is 5.91 Å². The van der Waals surface area contributed by atoms with Crippen LogP contribution < -0.4 is 9.47 Å². The Morgan fingerprint density at radius 1 is 1.00 bits per heavy atom. The summed E-state index contributed by atoms with van der Waals surface area (Å²) in [6, 6.07) is 15.8. The maximum Gasteiger partial charge on any atom is 0.227 e. The van der Waals surface area contributed by atoms with Crippen molar-refractivity contribution in [3.63, 3.8) is 0 Å². The van der Waals surface area contributed by atoms with E-state index in [1.54, 1.807) is 20.4 Å². The highest BCUT2D eigenvalue weighted by Gasteiger charge is 2.22. The van der Waals surface area contributed by atoms with E-state index >= 15 is 0 Å². The predicted octanol–water partition coefficient (Wildman–Crippen LogP) is 2.78. The lowest BCUT2D eigenvalue weighted by atomic mass is 10.1. The molecule has 0 aliphatic carbocycles. The van der Waals surface area contributed by atoms with Crippen molar-refractivity contribution in [3.05, 3.63) is 72.1 Å². The molecule has 1 saturated heterocycles. The Labute approximate surface area is 182 Å². The SMILES string of the molecule is COc1ccc(OC)c(CN2CCN(C(=O)Cc3cnn(-c4ccccc4)c3)CC2)c1. The standard InChI is InChI=1S/C24H28N4O3/c1-30-22-8-9-23(31-2)20(15-22)18-26-10-12-27(13-11-26)24(29)14-19-16-25-28(17-19)21-6-4-3-5-7-21/h3-9,15-17H,10-14,18H2,1-2H3. The Morgan fingerprint density at radius 2 is 1.77 bits per heavy atom. The number of rotatable bonds is 7. The fraction of sp³-hybridized carbons (Fsp3) is 0.333. The van der Waals surface area contributed by atoms with Gasteiger partial charge in [0.25, 0.3) is 0 Å². The van der Waals surface area contributed by atoms with E-state index in [-0.39, 0.29) is 5.91 Å². The number of carbonyl (C=O) groups excluding carboxylic acids is 1. The van der Waals surface area contributed by atoms with Crippen molar-refractivity contribution < 1.29 is 14.3 Å². The van der Waals surface area contributed by atoms with E-state index in [9.17, 15) is 4.79 Å². The van der Waals surface area contributed by atoms with Gasteiger partial charge in [-0.1, -0.05) is 18.2 Å². The molecule has 1 aliphatic heterocycles. The van der Waals surface area contributed by atoms with Gasteiger partial charge < -0.3 is 14.4 Å². The van der Waals surface area contributed by atoms with Crippen LogP contribution in [0.2, 0.25) is 0 Å². The summed E-state index contributed by atoms with van der Waals surface area (Å²) >= 11 is 0. The lowest BCUT2D eigenvalue weighted by Crippen LogP contribution is -2.48. The lowest BCUT2D eigenvalue weighted by Gasteiger charge is -2.35. The maximum atomic E-state index is 12.8. The van der Waals surface area contributed by atoms with Crippen LogP contribution in [0.4, 0.5) is 0 Å². The summed E-state index contributed by atoms with van der Waals surface area (Å²) in [4.78, 5) is 17.1. The Hall–Kier alpha value is -3.32. The Kier molecular flexibility index (Phi) is 6.52. The number of nitrogens with zero attached hydrogens (tertiary/aromatic N) is 4. The molecule has 1 aromatic heterocycles. The molecule has 1 amide bonds. The van der Waals surface area contributed by atoms with E-state index in [1.165, 1.54) is 0 Å².